The van der Waals surface area contributed by atoms with Crippen LogP contribution in [-0.4, -0.2) is 0 Å². The molecule has 15 heavy (non-hydrogen) atoms. The Bertz CT molecular complexity index is 429. The van der Waals surface area contributed by atoms with Crippen molar-refractivity contribution in [1.29, 1.82) is 0 Å². The van der Waals surface area contributed by atoms with Gasteiger partial charge in [0.15, 0.2) is 0 Å². The maximum absolute atomic E-state index is 6.09. The summed E-state index contributed by atoms with van der Waals surface area (Å²) in [6.45, 7) is 0. The maximum atomic E-state index is 6.09. The summed E-state index contributed by atoms with van der Waals surface area (Å²) in [5.74, 6) is 0. The molecule has 0 amide bonds. The van der Waals surface area contributed by atoms with Crippen LogP contribution in [0.5, 0.6) is 0 Å². The fraction of sp³-hybridized carbons (Fsp3) is 0.0769. The van der Waals surface area contributed by atoms with Gasteiger partial charge >= 0.3 is 0 Å². The van der Waals surface area contributed by atoms with Gasteiger partial charge in [0.05, 0.1) is 0 Å². The van der Waals surface area contributed by atoms with Crippen molar-refractivity contribution in [2.45, 2.75) is 6.42 Å². The van der Waals surface area contributed by atoms with Gasteiger partial charge < -0.3 is 0 Å². The van der Waals surface area contributed by atoms with E-state index in [2.05, 4.69) is 12.1 Å². The fourth-order valence-electron chi connectivity index (χ4n) is 1.50. The predicted octanol–water partition coefficient (Wildman–Crippen LogP) is 4.58. The highest BCUT2D eigenvalue weighted by Gasteiger charge is 2.05. The summed E-state index contributed by atoms with van der Waals surface area (Å²) in [6.07, 6.45) is 0.777. The zero-order valence-corrected chi connectivity index (χ0v) is 9.59. The van der Waals surface area contributed by atoms with Gasteiger partial charge in [-0.1, -0.05) is 59.6 Å². The average molecular weight is 237 g/mol. The molecule has 0 fully saturated rings. The largest absolute Gasteiger partial charge is 0.0840 e. The molecular weight excluding hydrogens is 227 g/mol. The molecule has 2 heteroatoms. The van der Waals surface area contributed by atoms with Crippen molar-refractivity contribution in [1.82, 2.24) is 0 Å². The van der Waals surface area contributed by atoms with Crippen molar-refractivity contribution < 1.29 is 0 Å². The Kier molecular flexibility index (Phi) is 3.30. The second-order valence-corrected chi connectivity index (χ2v) is 4.18. The summed E-state index contributed by atoms with van der Waals surface area (Å²) in [5.41, 5.74) is 2.21. The summed E-state index contributed by atoms with van der Waals surface area (Å²) >= 11 is 12.2. The lowest BCUT2D eigenvalue weighted by molar-refractivity contribution is 1.19. The smallest absolute Gasteiger partial charge is 0.0456 e. The number of halogens is 2. The van der Waals surface area contributed by atoms with E-state index in [1.165, 1.54) is 5.56 Å². The first-order valence-electron chi connectivity index (χ1n) is 4.74. The molecular formula is C13H10Cl2. The zero-order valence-electron chi connectivity index (χ0n) is 8.08. The quantitative estimate of drug-likeness (QED) is 0.716. The van der Waals surface area contributed by atoms with Crippen molar-refractivity contribution in [3.63, 3.8) is 0 Å². The van der Waals surface area contributed by atoms with Gasteiger partial charge in [0.25, 0.3) is 0 Å². The Morgan fingerprint density at radius 1 is 0.733 bits per heavy atom. The standard InChI is InChI=1S/C13H10Cl2/c14-12-7-4-8-13(15)11(12)9-10-5-2-1-3-6-10/h1-8H,9H2. The monoisotopic (exact) mass is 236 g/mol. The normalized spacial score (nSPS) is 10.3. The molecule has 0 aliphatic heterocycles. The molecule has 0 bridgehead atoms. The summed E-state index contributed by atoms with van der Waals surface area (Å²) < 4.78 is 0. The second-order valence-electron chi connectivity index (χ2n) is 3.36. The lowest BCUT2D eigenvalue weighted by Gasteiger charge is -2.06. The van der Waals surface area contributed by atoms with Crippen LogP contribution in [0.25, 0.3) is 0 Å². The molecule has 0 nitrogen and oxygen atoms in total. The first-order valence-corrected chi connectivity index (χ1v) is 5.50. The Labute approximate surface area is 99.5 Å². The van der Waals surface area contributed by atoms with E-state index < -0.39 is 0 Å². The predicted molar refractivity (Wildman–Crippen MR) is 65.7 cm³/mol. The first-order chi connectivity index (χ1) is 7.27. The highest BCUT2D eigenvalue weighted by Crippen LogP contribution is 2.26. The molecule has 0 N–H and O–H groups in total. The number of rotatable bonds is 2. The van der Waals surface area contributed by atoms with Gasteiger partial charge in [-0.05, 0) is 23.3 Å². The lowest BCUT2D eigenvalue weighted by atomic mass is 10.1. The molecule has 2 rings (SSSR count). The molecule has 0 saturated carbocycles. The fourth-order valence-corrected chi connectivity index (χ4v) is 2.03. The minimum Gasteiger partial charge on any atom is -0.0840 e. The van der Waals surface area contributed by atoms with Crippen molar-refractivity contribution in [3.05, 3.63) is 69.7 Å². The molecule has 2 aromatic carbocycles. The second kappa shape index (κ2) is 4.69. The van der Waals surface area contributed by atoms with Crippen LogP contribution in [0.4, 0.5) is 0 Å². The van der Waals surface area contributed by atoms with Crippen LogP contribution in [-0.2, 0) is 6.42 Å². The Balaban J connectivity index is 2.32. The molecule has 0 spiro atoms. The molecule has 76 valence electrons. The van der Waals surface area contributed by atoms with E-state index in [-0.39, 0.29) is 0 Å². The van der Waals surface area contributed by atoms with Crippen molar-refractivity contribution in [3.8, 4) is 0 Å². The van der Waals surface area contributed by atoms with Crippen LogP contribution in [0.15, 0.2) is 48.5 Å². The van der Waals surface area contributed by atoms with E-state index in [1.54, 1.807) is 0 Å². The van der Waals surface area contributed by atoms with Crippen LogP contribution >= 0.6 is 23.2 Å². The molecule has 0 aromatic heterocycles. The van der Waals surface area contributed by atoms with Gasteiger partial charge in [-0.3, -0.25) is 0 Å². The Morgan fingerprint density at radius 2 is 1.33 bits per heavy atom. The van der Waals surface area contributed by atoms with Gasteiger partial charge in [0.1, 0.15) is 0 Å². The van der Waals surface area contributed by atoms with Gasteiger partial charge in [-0.15, -0.1) is 0 Å². The van der Waals surface area contributed by atoms with Gasteiger partial charge in [0.2, 0.25) is 0 Å². The van der Waals surface area contributed by atoms with E-state index in [4.69, 9.17) is 23.2 Å². The number of hydrogen-bond acceptors (Lipinski definition) is 0. The summed E-state index contributed by atoms with van der Waals surface area (Å²) in [7, 11) is 0. The Morgan fingerprint density at radius 3 is 1.93 bits per heavy atom. The Hall–Kier alpha value is -0.980. The highest BCUT2D eigenvalue weighted by atomic mass is 35.5. The molecule has 2 aromatic rings. The third-order valence-corrected chi connectivity index (χ3v) is 2.99. The number of hydrogen-bond donors (Lipinski definition) is 0. The van der Waals surface area contributed by atoms with Crippen molar-refractivity contribution >= 4 is 23.2 Å². The van der Waals surface area contributed by atoms with Crippen LogP contribution in [0.2, 0.25) is 10.0 Å². The van der Waals surface area contributed by atoms with Crippen LogP contribution in [0.3, 0.4) is 0 Å². The minimum absolute atomic E-state index is 0.728. The molecule has 0 aliphatic rings. The van der Waals surface area contributed by atoms with Crippen LogP contribution in [0.1, 0.15) is 11.1 Å². The third kappa shape index (κ3) is 2.53. The van der Waals surface area contributed by atoms with Crippen LogP contribution in [0, 0.1) is 0 Å². The maximum Gasteiger partial charge on any atom is 0.0456 e. The summed E-state index contributed by atoms with van der Waals surface area (Å²) in [6, 6.07) is 15.8. The van der Waals surface area contributed by atoms with E-state index in [0.29, 0.717) is 0 Å². The van der Waals surface area contributed by atoms with E-state index in [0.717, 1.165) is 22.0 Å². The minimum atomic E-state index is 0.728. The molecule has 0 radical (unpaired) electrons. The third-order valence-electron chi connectivity index (χ3n) is 2.29. The van der Waals surface area contributed by atoms with Gasteiger partial charge in [-0.25, -0.2) is 0 Å². The molecule has 0 heterocycles. The molecule has 0 saturated heterocycles. The van der Waals surface area contributed by atoms with E-state index in [1.807, 2.05) is 36.4 Å². The summed E-state index contributed by atoms with van der Waals surface area (Å²) in [4.78, 5) is 0. The average Bonchev–Trinajstić information content (AvgIpc) is 2.25. The summed E-state index contributed by atoms with van der Waals surface area (Å²) in [5, 5.41) is 1.46. The van der Waals surface area contributed by atoms with Crippen molar-refractivity contribution in [2.24, 2.45) is 0 Å². The van der Waals surface area contributed by atoms with E-state index >= 15 is 0 Å². The topological polar surface area (TPSA) is 0 Å². The zero-order chi connectivity index (χ0) is 10.7. The van der Waals surface area contributed by atoms with Gasteiger partial charge in [0, 0.05) is 16.5 Å². The lowest BCUT2D eigenvalue weighted by Crippen LogP contribution is -1.90. The highest BCUT2D eigenvalue weighted by molar-refractivity contribution is 6.36. The van der Waals surface area contributed by atoms with Gasteiger partial charge in [-0.2, -0.15) is 0 Å². The molecule has 0 unspecified atom stereocenters. The molecule has 0 aliphatic carbocycles. The molecule has 0 atom stereocenters. The van der Waals surface area contributed by atoms with Crippen molar-refractivity contribution in [2.75, 3.05) is 0 Å². The first kappa shape index (κ1) is 10.5. The SMILES string of the molecule is Clc1cccc(Cl)c1Cc1ccccc1. The van der Waals surface area contributed by atoms with Crippen LogP contribution < -0.4 is 0 Å². The van der Waals surface area contributed by atoms with E-state index in [9.17, 15) is 0 Å². The number of benzene rings is 2.